The zero-order chi connectivity index (χ0) is 15.0. The zero-order valence-corrected chi connectivity index (χ0v) is 12.4. The van der Waals surface area contributed by atoms with Gasteiger partial charge in [-0.05, 0) is 12.5 Å². The standard InChI is InChI=1S/C14H19ClO5/c1-3-4-5-19-6-7-20-13-11(14(16)17)8-10(15)9-12(13)18-2/h8-9H,3-7H2,1-2H3,(H,16,17). The summed E-state index contributed by atoms with van der Waals surface area (Å²) >= 11 is 5.84. The maximum atomic E-state index is 11.2. The number of ether oxygens (including phenoxy) is 3. The number of carbonyl (C=O) groups is 1. The van der Waals surface area contributed by atoms with Gasteiger partial charge in [-0.25, -0.2) is 4.79 Å². The van der Waals surface area contributed by atoms with Crippen molar-refractivity contribution in [2.24, 2.45) is 0 Å². The Kier molecular flexibility index (Phi) is 7.18. The fourth-order valence-electron chi connectivity index (χ4n) is 1.58. The molecular weight excluding hydrogens is 284 g/mol. The molecule has 0 spiro atoms. The molecule has 0 aliphatic carbocycles. The molecule has 0 amide bonds. The summed E-state index contributed by atoms with van der Waals surface area (Å²) in [6, 6.07) is 2.85. The Bertz CT molecular complexity index is 447. The Balaban J connectivity index is 2.69. The van der Waals surface area contributed by atoms with E-state index in [1.54, 1.807) is 0 Å². The van der Waals surface area contributed by atoms with Crippen molar-refractivity contribution < 1.29 is 24.1 Å². The summed E-state index contributed by atoms with van der Waals surface area (Å²) in [5.41, 5.74) is -0.0251. The topological polar surface area (TPSA) is 65.0 Å². The van der Waals surface area contributed by atoms with Gasteiger partial charge in [-0.15, -0.1) is 0 Å². The van der Waals surface area contributed by atoms with E-state index >= 15 is 0 Å². The highest BCUT2D eigenvalue weighted by Gasteiger charge is 2.18. The molecule has 0 aliphatic rings. The van der Waals surface area contributed by atoms with Gasteiger partial charge in [0, 0.05) is 17.7 Å². The minimum absolute atomic E-state index is 0.0251. The summed E-state index contributed by atoms with van der Waals surface area (Å²) in [6.45, 7) is 3.40. The second kappa shape index (κ2) is 8.66. The van der Waals surface area contributed by atoms with E-state index in [2.05, 4.69) is 6.92 Å². The zero-order valence-electron chi connectivity index (χ0n) is 11.6. The normalized spacial score (nSPS) is 10.3. The summed E-state index contributed by atoms with van der Waals surface area (Å²) in [5.74, 6) is -0.653. The largest absolute Gasteiger partial charge is 0.493 e. The second-order valence-electron chi connectivity index (χ2n) is 4.10. The summed E-state index contributed by atoms with van der Waals surface area (Å²) in [7, 11) is 1.43. The third kappa shape index (κ3) is 4.90. The fraction of sp³-hybridized carbons (Fsp3) is 0.500. The average Bonchev–Trinajstić information content (AvgIpc) is 2.42. The first kappa shape index (κ1) is 16.6. The number of halogens is 1. The number of hydrogen-bond acceptors (Lipinski definition) is 4. The van der Waals surface area contributed by atoms with E-state index in [0.29, 0.717) is 19.0 Å². The number of benzene rings is 1. The Labute approximate surface area is 123 Å². The molecule has 112 valence electrons. The van der Waals surface area contributed by atoms with Crippen LogP contribution in [0.25, 0.3) is 0 Å². The maximum absolute atomic E-state index is 11.2. The van der Waals surface area contributed by atoms with Crippen LogP contribution >= 0.6 is 11.6 Å². The van der Waals surface area contributed by atoms with Crippen molar-refractivity contribution in [2.75, 3.05) is 26.9 Å². The Morgan fingerprint density at radius 1 is 1.30 bits per heavy atom. The van der Waals surface area contributed by atoms with Crippen molar-refractivity contribution in [2.45, 2.75) is 19.8 Å². The SMILES string of the molecule is CCCCOCCOc1c(OC)cc(Cl)cc1C(=O)O. The first-order valence-corrected chi connectivity index (χ1v) is 6.79. The Morgan fingerprint density at radius 2 is 2.05 bits per heavy atom. The minimum atomic E-state index is -1.12. The second-order valence-corrected chi connectivity index (χ2v) is 4.54. The summed E-state index contributed by atoms with van der Waals surface area (Å²) in [4.78, 5) is 11.2. The number of unbranched alkanes of at least 4 members (excludes halogenated alkanes) is 1. The lowest BCUT2D eigenvalue weighted by Crippen LogP contribution is -2.11. The van der Waals surface area contributed by atoms with Crippen LogP contribution < -0.4 is 9.47 Å². The lowest BCUT2D eigenvalue weighted by atomic mass is 10.2. The Hall–Kier alpha value is -1.46. The smallest absolute Gasteiger partial charge is 0.339 e. The first-order valence-electron chi connectivity index (χ1n) is 6.41. The van der Waals surface area contributed by atoms with E-state index in [9.17, 15) is 4.79 Å². The molecule has 0 radical (unpaired) electrons. The molecule has 0 fully saturated rings. The number of hydrogen-bond donors (Lipinski definition) is 1. The van der Waals surface area contributed by atoms with Crippen LogP contribution in [0.1, 0.15) is 30.1 Å². The van der Waals surface area contributed by atoms with Gasteiger partial charge in [0.05, 0.1) is 13.7 Å². The first-order chi connectivity index (χ1) is 9.60. The van der Waals surface area contributed by atoms with Crippen molar-refractivity contribution in [3.8, 4) is 11.5 Å². The van der Waals surface area contributed by atoms with E-state index in [4.69, 9.17) is 30.9 Å². The molecule has 0 bridgehead atoms. The minimum Gasteiger partial charge on any atom is -0.493 e. The van der Waals surface area contributed by atoms with Crippen LogP contribution in [0, 0.1) is 0 Å². The van der Waals surface area contributed by atoms with Crippen molar-refractivity contribution in [1.82, 2.24) is 0 Å². The number of carboxylic acid groups (broad SMARTS) is 1. The molecule has 1 aromatic rings. The molecule has 5 nitrogen and oxygen atoms in total. The van der Waals surface area contributed by atoms with Crippen LogP contribution in [-0.2, 0) is 4.74 Å². The highest BCUT2D eigenvalue weighted by atomic mass is 35.5. The van der Waals surface area contributed by atoms with Gasteiger partial charge in [0.15, 0.2) is 11.5 Å². The predicted molar refractivity (Wildman–Crippen MR) is 76.2 cm³/mol. The number of rotatable bonds is 9. The predicted octanol–water partition coefficient (Wildman–Crippen LogP) is 3.24. The molecule has 0 saturated heterocycles. The highest BCUT2D eigenvalue weighted by molar-refractivity contribution is 6.31. The van der Waals surface area contributed by atoms with Gasteiger partial charge in [0.2, 0.25) is 0 Å². The lowest BCUT2D eigenvalue weighted by molar-refractivity contribution is 0.0683. The number of aromatic carboxylic acids is 1. The fourth-order valence-corrected chi connectivity index (χ4v) is 1.79. The van der Waals surface area contributed by atoms with Crippen LogP contribution in [0.2, 0.25) is 5.02 Å². The molecular formula is C14H19ClO5. The maximum Gasteiger partial charge on any atom is 0.339 e. The number of carboxylic acids is 1. The van der Waals surface area contributed by atoms with E-state index in [-0.39, 0.29) is 22.9 Å². The van der Waals surface area contributed by atoms with Crippen LogP contribution in [0.4, 0.5) is 0 Å². The van der Waals surface area contributed by atoms with Crippen LogP contribution in [0.3, 0.4) is 0 Å². The van der Waals surface area contributed by atoms with Gasteiger partial charge in [-0.1, -0.05) is 24.9 Å². The summed E-state index contributed by atoms with van der Waals surface area (Å²) in [5, 5.41) is 9.44. The van der Waals surface area contributed by atoms with Gasteiger partial charge in [-0.3, -0.25) is 0 Å². The molecule has 0 atom stereocenters. The van der Waals surface area contributed by atoms with Gasteiger partial charge in [0.1, 0.15) is 12.2 Å². The van der Waals surface area contributed by atoms with Crippen molar-refractivity contribution in [3.05, 3.63) is 22.7 Å². The third-order valence-electron chi connectivity index (χ3n) is 2.59. The van der Waals surface area contributed by atoms with Gasteiger partial charge in [0.25, 0.3) is 0 Å². The summed E-state index contributed by atoms with van der Waals surface area (Å²) < 4.78 is 15.9. The quantitative estimate of drug-likeness (QED) is 0.709. The molecule has 6 heteroatoms. The van der Waals surface area contributed by atoms with Crippen molar-refractivity contribution in [3.63, 3.8) is 0 Å². The molecule has 1 rings (SSSR count). The van der Waals surface area contributed by atoms with Gasteiger partial charge < -0.3 is 19.3 Å². The third-order valence-corrected chi connectivity index (χ3v) is 2.80. The molecule has 0 unspecified atom stereocenters. The molecule has 1 aromatic carbocycles. The number of methoxy groups -OCH3 is 1. The van der Waals surface area contributed by atoms with Crippen molar-refractivity contribution >= 4 is 17.6 Å². The van der Waals surface area contributed by atoms with Crippen LogP contribution in [-0.4, -0.2) is 38.0 Å². The van der Waals surface area contributed by atoms with E-state index in [1.165, 1.54) is 19.2 Å². The summed E-state index contributed by atoms with van der Waals surface area (Å²) in [6.07, 6.45) is 2.06. The molecule has 0 aromatic heterocycles. The van der Waals surface area contributed by atoms with Gasteiger partial charge >= 0.3 is 5.97 Å². The van der Waals surface area contributed by atoms with E-state index in [1.807, 2.05) is 0 Å². The van der Waals surface area contributed by atoms with E-state index in [0.717, 1.165) is 12.8 Å². The van der Waals surface area contributed by atoms with E-state index < -0.39 is 5.97 Å². The lowest BCUT2D eigenvalue weighted by Gasteiger charge is -2.13. The molecule has 1 N–H and O–H groups in total. The Morgan fingerprint density at radius 3 is 2.65 bits per heavy atom. The van der Waals surface area contributed by atoms with Gasteiger partial charge in [-0.2, -0.15) is 0 Å². The molecule has 0 aliphatic heterocycles. The molecule has 20 heavy (non-hydrogen) atoms. The monoisotopic (exact) mass is 302 g/mol. The highest BCUT2D eigenvalue weighted by Crippen LogP contribution is 2.34. The molecule has 0 saturated carbocycles. The average molecular weight is 303 g/mol. The van der Waals surface area contributed by atoms with Crippen LogP contribution in [0.15, 0.2) is 12.1 Å². The molecule has 0 heterocycles. The van der Waals surface area contributed by atoms with Crippen LogP contribution in [0.5, 0.6) is 11.5 Å². The van der Waals surface area contributed by atoms with Crippen molar-refractivity contribution in [1.29, 1.82) is 0 Å².